The van der Waals surface area contributed by atoms with Crippen molar-refractivity contribution in [3.05, 3.63) is 29.8 Å². The first-order chi connectivity index (χ1) is 7.18. The predicted molar refractivity (Wildman–Crippen MR) is 64.8 cm³/mol. The monoisotopic (exact) mass is 204 g/mol. The van der Waals surface area contributed by atoms with Gasteiger partial charge in [0, 0.05) is 11.7 Å². The topological polar surface area (TPSA) is 38.0 Å². The highest BCUT2D eigenvalue weighted by Gasteiger charge is 2.27. The van der Waals surface area contributed by atoms with Gasteiger partial charge in [0.05, 0.1) is 0 Å². The van der Waals surface area contributed by atoms with Gasteiger partial charge in [-0.3, -0.25) is 0 Å². The van der Waals surface area contributed by atoms with Crippen LogP contribution >= 0.6 is 0 Å². The lowest BCUT2D eigenvalue weighted by Gasteiger charge is -2.34. The maximum Gasteiger partial charge on any atom is 0.0349 e. The normalized spacial score (nSPS) is 31.5. The Hall–Kier alpha value is -1.02. The number of hydrogen-bond acceptors (Lipinski definition) is 2. The fourth-order valence-electron chi connectivity index (χ4n) is 2.51. The summed E-state index contributed by atoms with van der Waals surface area (Å²) in [6, 6.07) is 8.88. The Labute approximate surface area is 91.9 Å². The second-order valence-electron chi connectivity index (χ2n) is 4.76. The molecule has 1 aliphatic rings. The fourth-order valence-corrected chi connectivity index (χ4v) is 2.51. The van der Waals surface area contributed by atoms with E-state index < -0.39 is 0 Å². The van der Waals surface area contributed by atoms with Gasteiger partial charge in [-0.1, -0.05) is 25.1 Å². The summed E-state index contributed by atoms with van der Waals surface area (Å²) in [5, 5.41) is 3.51. The van der Waals surface area contributed by atoms with Gasteiger partial charge in [-0.15, -0.1) is 0 Å². The molecule has 1 aromatic rings. The van der Waals surface area contributed by atoms with E-state index in [4.69, 9.17) is 5.73 Å². The Kier molecular flexibility index (Phi) is 2.96. The fraction of sp³-hybridized carbons (Fsp3) is 0.538. The molecule has 0 aliphatic carbocycles. The summed E-state index contributed by atoms with van der Waals surface area (Å²) < 4.78 is 0. The highest BCUT2D eigenvalue weighted by molar-refractivity contribution is 5.48. The van der Waals surface area contributed by atoms with Gasteiger partial charge in [0.25, 0.3) is 0 Å². The lowest BCUT2D eigenvalue weighted by Crippen LogP contribution is -2.40. The maximum absolute atomic E-state index is 6.04. The van der Waals surface area contributed by atoms with Crippen molar-refractivity contribution in [3.8, 4) is 0 Å². The van der Waals surface area contributed by atoms with Crippen molar-refractivity contribution in [1.29, 1.82) is 0 Å². The third-order valence-corrected chi connectivity index (χ3v) is 3.48. The van der Waals surface area contributed by atoms with E-state index in [0.29, 0.717) is 17.9 Å². The van der Waals surface area contributed by atoms with Gasteiger partial charge >= 0.3 is 0 Å². The number of benzene rings is 1. The molecule has 82 valence electrons. The van der Waals surface area contributed by atoms with Crippen LogP contribution in [0.15, 0.2) is 24.3 Å². The van der Waals surface area contributed by atoms with Crippen LogP contribution in [0.5, 0.6) is 0 Å². The summed E-state index contributed by atoms with van der Waals surface area (Å²) in [6.07, 6.45) is 1.19. The molecule has 15 heavy (non-hydrogen) atoms. The Balaban J connectivity index is 2.25. The van der Waals surface area contributed by atoms with Gasteiger partial charge in [0.1, 0.15) is 0 Å². The van der Waals surface area contributed by atoms with Crippen molar-refractivity contribution in [1.82, 2.24) is 5.32 Å². The summed E-state index contributed by atoms with van der Waals surface area (Å²) in [5.41, 5.74) is 8.32. The number of piperidine rings is 1. The number of rotatable bonds is 1. The molecule has 0 radical (unpaired) electrons. The van der Waals surface area contributed by atoms with Crippen LogP contribution in [-0.2, 0) is 0 Å². The van der Waals surface area contributed by atoms with E-state index in [1.807, 2.05) is 12.1 Å². The van der Waals surface area contributed by atoms with Gasteiger partial charge in [0.2, 0.25) is 0 Å². The number of nitrogens with one attached hydrogen (secondary N) is 1. The molecule has 0 saturated carbocycles. The highest BCUT2D eigenvalue weighted by atomic mass is 14.9. The average molecular weight is 204 g/mol. The molecule has 1 aromatic carbocycles. The van der Waals surface area contributed by atoms with Crippen molar-refractivity contribution in [2.45, 2.75) is 32.2 Å². The van der Waals surface area contributed by atoms with Crippen LogP contribution in [0.25, 0.3) is 0 Å². The largest absolute Gasteiger partial charge is 0.398 e. The quantitative estimate of drug-likeness (QED) is 0.689. The Morgan fingerprint density at radius 2 is 2.00 bits per heavy atom. The summed E-state index contributed by atoms with van der Waals surface area (Å²) in [4.78, 5) is 0. The first-order valence-corrected chi connectivity index (χ1v) is 5.76. The molecule has 1 saturated heterocycles. The molecular formula is C13H20N2. The Morgan fingerprint density at radius 1 is 1.27 bits per heavy atom. The Morgan fingerprint density at radius 3 is 2.73 bits per heavy atom. The third-order valence-electron chi connectivity index (χ3n) is 3.48. The summed E-state index contributed by atoms with van der Waals surface area (Å²) in [6.45, 7) is 5.65. The minimum Gasteiger partial charge on any atom is -0.398 e. The van der Waals surface area contributed by atoms with E-state index in [2.05, 4.69) is 31.3 Å². The second-order valence-corrected chi connectivity index (χ2v) is 4.76. The molecule has 2 heteroatoms. The second kappa shape index (κ2) is 4.23. The number of para-hydroxylation sites is 1. The molecule has 2 nitrogen and oxygen atoms in total. The van der Waals surface area contributed by atoms with E-state index in [9.17, 15) is 0 Å². The van der Waals surface area contributed by atoms with E-state index >= 15 is 0 Å². The van der Waals surface area contributed by atoms with E-state index in [1.165, 1.54) is 12.0 Å². The van der Waals surface area contributed by atoms with Crippen LogP contribution in [0.2, 0.25) is 0 Å². The van der Waals surface area contributed by atoms with Crippen molar-refractivity contribution in [3.63, 3.8) is 0 Å². The molecule has 3 N–H and O–H groups in total. The molecule has 0 spiro atoms. The number of hydrogen-bond donors (Lipinski definition) is 2. The number of nitrogens with two attached hydrogens (primary N) is 1. The highest BCUT2D eigenvalue weighted by Crippen LogP contribution is 2.34. The van der Waals surface area contributed by atoms with Gasteiger partial charge in [-0.05, 0) is 43.4 Å². The van der Waals surface area contributed by atoms with Crippen molar-refractivity contribution in [2.75, 3.05) is 12.3 Å². The van der Waals surface area contributed by atoms with Crippen LogP contribution in [0.3, 0.4) is 0 Å². The van der Waals surface area contributed by atoms with Crippen molar-refractivity contribution >= 4 is 5.69 Å². The molecule has 1 aliphatic heterocycles. The lowest BCUT2D eigenvalue weighted by atomic mass is 9.79. The number of anilines is 1. The minimum absolute atomic E-state index is 0.603. The van der Waals surface area contributed by atoms with Gasteiger partial charge in [-0.25, -0.2) is 0 Å². The van der Waals surface area contributed by atoms with Crippen molar-refractivity contribution in [2.24, 2.45) is 5.92 Å². The summed E-state index contributed by atoms with van der Waals surface area (Å²) in [5.74, 6) is 1.29. The zero-order chi connectivity index (χ0) is 10.8. The SMILES string of the molecule is CC1CC(c2ccccc2N)C(C)CN1. The van der Waals surface area contributed by atoms with E-state index in [1.54, 1.807) is 0 Å². The predicted octanol–water partition coefficient (Wildman–Crippen LogP) is 2.37. The maximum atomic E-state index is 6.04. The van der Waals surface area contributed by atoms with Crippen LogP contribution in [0.4, 0.5) is 5.69 Å². The van der Waals surface area contributed by atoms with Crippen LogP contribution < -0.4 is 11.1 Å². The molecule has 0 aromatic heterocycles. The van der Waals surface area contributed by atoms with Gasteiger partial charge in [-0.2, -0.15) is 0 Å². The van der Waals surface area contributed by atoms with Crippen LogP contribution in [0, 0.1) is 5.92 Å². The summed E-state index contributed by atoms with van der Waals surface area (Å²) >= 11 is 0. The molecular weight excluding hydrogens is 184 g/mol. The molecule has 3 unspecified atom stereocenters. The molecule has 1 heterocycles. The van der Waals surface area contributed by atoms with Crippen LogP contribution in [0.1, 0.15) is 31.7 Å². The molecule has 3 atom stereocenters. The zero-order valence-electron chi connectivity index (χ0n) is 9.53. The minimum atomic E-state index is 0.603. The molecule has 1 fully saturated rings. The van der Waals surface area contributed by atoms with E-state index in [0.717, 1.165) is 12.2 Å². The molecule has 2 rings (SSSR count). The molecule has 0 bridgehead atoms. The lowest BCUT2D eigenvalue weighted by molar-refractivity contribution is 0.298. The smallest absolute Gasteiger partial charge is 0.0349 e. The standard InChI is InChI=1S/C13H20N2/c1-9-8-15-10(2)7-12(9)11-5-3-4-6-13(11)14/h3-6,9-10,12,15H,7-8,14H2,1-2H3. The zero-order valence-corrected chi connectivity index (χ0v) is 9.53. The first-order valence-electron chi connectivity index (χ1n) is 5.76. The average Bonchev–Trinajstić information content (AvgIpc) is 2.23. The summed E-state index contributed by atoms with van der Waals surface area (Å²) in [7, 11) is 0. The number of nitrogen functional groups attached to an aromatic ring is 1. The van der Waals surface area contributed by atoms with Gasteiger partial charge in [0.15, 0.2) is 0 Å². The Bertz CT molecular complexity index is 335. The first kappa shape index (κ1) is 10.5. The van der Waals surface area contributed by atoms with Gasteiger partial charge < -0.3 is 11.1 Å². The molecule has 0 amide bonds. The van der Waals surface area contributed by atoms with Crippen LogP contribution in [-0.4, -0.2) is 12.6 Å². The van der Waals surface area contributed by atoms with Crippen molar-refractivity contribution < 1.29 is 0 Å². The third kappa shape index (κ3) is 2.15. The van der Waals surface area contributed by atoms with E-state index in [-0.39, 0.29) is 0 Å².